The summed E-state index contributed by atoms with van der Waals surface area (Å²) in [4.78, 5) is 49.3. The number of nitro groups is 1. The molecule has 142 valence electrons. The molecule has 3 aliphatic rings. The second kappa shape index (κ2) is 6.66. The van der Waals surface area contributed by atoms with E-state index in [0.717, 1.165) is 11.3 Å². The van der Waals surface area contributed by atoms with Crippen LogP contribution in [0.5, 0.6) is 0 Å². The van der Waals surface area contributed by atoms with E-state index in [1.807, 2.05) is 0 Å². The molecule has 27 heavy (non-hydrogen) atoms. The van der Waals surface area contributed by atoms with Crippen LogP contribution in [0.2, 0.25) is 0 Å². The van der Waals surface area contributed by atoms with Crippen LogP contribution >= 0.6 is 31.9 Å². The maximum Gasteiger partial charge on any atom is 0.269 e. The molecule has 0 unspecified atom stereocenters. The van der Waals surface area contributed by atoms with Gasteiger partial charge in [-0.15, -0.1) is 0 Å². The number of anilines is 1. The van der Waals surface area contributed by atoms with Gasteiger partial charge in [-0.1, -0.05) is 31.9 Å². The van der Waals surface area contributed by atoms with Crippen LogP contribution in [0.25, 0.3) is 0 Å². The van der Waals surface area contributed by atoms with Gasteiger partial charge in [-0.3, -0.25) is 29.4 Å². The molecule has 6 atom stereocenters. The second-order valence-corrected chi connectivity index (χ2v) is 9.23. The molecule has 0 radical (unpaired) electrons. The van der Waals surface area contributed by atoms with E-state index in [2.05, 4.69) is 37.2 Å². The van der Waals surface area contributed by atoms with Crippen molar-refractivity contribution in [2.45, 2.75) is 16.1 Å². The highest BCUT2D eigenvalue weighted by molar-refractivity contribution is 9.12. The summed E-state index contributed by atoms with van der Waals surface area (Å²) in [6, 6.07) is 5.36. The van der Waals surface area contributed by atoms with Gasteiger partial charge < -0.3 is 5.32 Å². The molecule has 3 amide bonds. The van der Waals surface area contributed by atoms with Crippen LogP contribution < -0.4 is 5.32 Å². The van der Waals surface area contributed by atoms with Crippen molar-refractivity contribution in [1.82, 2.24) is 4.90 Å². The number of benzene rings is 1. The monoisotopic (exact) mass is 499 g/mol. The highest BCUT2D eigenvalue weighted by atomic mass is 79.9. The standard InChI is InChI=1S/C17H15Br2N3O5/c18-14-9-5-10(15(14)19)13-12(9)16(24)21(17(13)25)6-11(23)20-7-1-3-8(4-2-7)22(26)27/h1-4,9-10,12-15H,5-6H2,(H,20,23)/t9-,10-,12-,13-,14+,15+/m1/s1. The lowest BCUT2D eigenvalue weighted by atomic mass is 9.81. The predicted molar refractivity (Wildman–Crippen MR) is 102 cm³/mol. The Bertz CT molecular complexity index is 813. The maximum absolute atomic E-state index is 12.8. The van der Waals surface area contributed by atoms with Crippen LogP contribution in [-0.2, 0) is 14.4 Å². The summed E-state index contributed by atoms with van der Waals surface area (Å²) in [6.45, 7) is -0.346. The minimum Gasteiger partial charge on any atom is -0.325 e. The number of amides is 3. The summed E-state index contributed by atoms with van der Waals surface area (Å²) >= 11 is 7.24. The Labute approximate surface area is 171 Å². The van der Waals surface area contributed by atoms with Crippen molar-refractivity contribution in [2.75, 3.05) is 11.9 Å². The van der Waals surface area contributed by atoms with Gasteiger partial charge in [0.2, 0.25) is 17.7 Å². The van der Waals surface area contributed by atoms with Crippen molar-refractivity contribution in [3.8, 4) is 0 Å². The largest absolute Gasteiger partial charge is 0.325 e. The minimum atomic E-state index is -0.533. The Hall–Kier alpha value is -1.81. The van der Waals surface area contributed by atoms with Gasteiger partial charge in [-0.2, -0.15) is 0 Å². The van der Waals surface area contributed by atoms with Gasteiger partial charge in [0.25, 0.3) is 5.69 Å². The molecule has 0 spiro atoms. The highest BCUT2D eigenvalue weighted by Gasteiger charge is 2.66. The SMILES string of the molecule is O=C(CN1C(=O)[C@@H]2[C@H]3C[C@@H]([C@H](Br)[C@H]3Br)[C@H]2C1=O)Nc1ccc([N+](=O)[O-])cc1. The maximum atomic E-state index is 12.8. The molecular formula is C17H15Br2N3O5. The zero-order chi connectivity index (χ0) is 19.5. The van der Waals surface area contributed by atoms with E-state index in [1.54, 1.807) is 0 Å². The first kappa shape index (κ1) is 18.5. The van der Waals surface area contributed by atoms with Gasteiger partial charge in [0.05, 0.1) is 16.8 Å². The van der Waals surface area contributed by atoms with E-state index >= 15 is 0 Å². The molecule has 1 N–H and O–H groups in total. The van der Waals surface area contributed by atoms with Crippen molar-refractivity contribution in [3.05, 3.63) is 34.4 Å². The van der Waals surface area contributed by atoms with Crippen LogP contribution in [-0.4, -0.2) is 43.7 Å². The number of carbonyl (C=O) groups excluding carboxylic acids is 3. The number of imide groups is 1. The quantitative estimate of drug-likeness (QED) is 0.295. The first-order valence-electron chi connectivity index (χ1n) is 8.47. The molecule has 1 aromatic carbocycles. The van der Waals surface area contributed by atoms with Crippen molar-refractivity contribution < 1.29 is 19.3 Å². The number of nitrogens with zero attached hydrogens (tertiary/aromatic N) is 2. The van der Waals surface area contributed by atoms with Gasteiger partial charge in [-0.25, -0.2) is 0 Å². The second-order valence-electron chi connectivity index (χ2n) is 7.12. The number of alkyl halides is 2. The van der Waals surface area contributed by atoms with Gasteiger partial charge in [0, 0.05) is 27.5 Å². The Morgan fingerprint density at radius 1 is 1.11 bits per heavy atom. The predicted octanol–water partition coefficient (Wildman–Crippen LogP) is 2.31. The lowest BCUT2D eigenvalue weighted by molar-refractivity contribution is -0.384. The zero-order valence-corrected chi connectivity index (χ0v) is 17.1. The number of hydrogen-bond donors (Lipinski definition) is 1. The van der Waals surface area contributed by atoms with Crippen LogP contribution in [0.15, 0.2) is 24.3 Å². The number of rotatable bonds is 4. The lowest BCUT2D eigenvalue weighted by Crippen LogP contribution is -2.39. The molecule has 2 saturated carbocycles. The van der Waals surface area contributed by atoms with Crippen LogP contribution in [0.1, 0.15) is 6.42 Å². The molecule has 8 nitrogen and oxygen atoms in total. The van der Waals surface area contributed by atoms with Crippen LogP contribution in [0.4, 0.5) is 11.4 Å². The molecule has 3 fully saturated rings. The first-order chi connectivity index (χ1) is 12.8. The zero-order valence-electron chi connectivity index (χ0n) is 13.9. The number of non-ortho nitro benzene ring substituents is 1. The average Bonchev–Trinajstić information content (AvgIpc) is 3.23. The molecule has 1 heterocycles. The number of hydrogen-bond acceptors (Lipinski definition) is 5. The fraction of sp³-hybridized carbons (Fsp3) is 0.471. The fourth-order valence-electron chi connectivity index (χ4n) is 4.58. The van der Waals surface area contributed by atoms with Gasteiger partial charge in [-0.05, 0) is 30.4 Å². The third kappa shape index (κ3) is 2.89. The molecule has 0 aromatic heterocycles. The Morgan fingerprint density at radius 2 is 1.63 bits per heavy atom. The van der Waals surface area contributed by atoms with Crippen molar-refractivity contribution in [1.29, 1.82) is 0 Å². The van der Waals surface area contributed by atoms with Crippen molar-refractivity contribution in [2.24, 2.45) is 23.7 Å². The third-order valence-electron chi connectivity index (χ3n) is 5.74. The van der Waals surface area contributed by atoms with E-state index in [4.69, 9.17) is 0 Å². The molecule has 2 bridgehead atoms. The van der Waals surface area contributed by atoms with Crippen LogP contribution in [0.3, 0.4) is 0 Å². The minimum absolute atomic E-state index is 0.0881. The van der Waals surface area contributed by atoms with Crippen LogP contribution in [0, 0.1) is 33.8 Å². The van der Waals surface area contributed by atoms with Gasteiger partial charge in [0.15, 0.2) is 0 Å². The van der Waals surface area contributed by atoms with E-state index in [-0.39, 0.29) is 57.4 Å². The fourth-order valence-corrected chi connectivity index (χ4v) is 6.45. The number of carbonyl (C=O) groups is 3. The first-order valence-corrected chi connectivity index (χ1v) is 10.3. The van der Waals surface area contributed by atoms with Gasteiger partial charge >= 0.3 is 0 Å². The summed E-state index contributed by atoms with van der Waals surface area (Å²) in [6.07, 6.45) is 0.835. The van der Waals surface area contributed by atoms with E-state index in [1.165, 1.54) is 24.3 Å². The van der Waals surface area contributed by atoms with E-state index in [0.29, 0.717) is 5.69 Å². The van der Waals surface area contributed by atoms with E-state index < -0.39 is 10.8 Å². The number of likely N-dealkylation sites (tertiary alicyclic amines) is 1. The van der Waals surface area contributed by atoms with Crippen molar-refractivity contribution >= 4 is 61.0 Å². The molecule has 1 saturated heterocycles. The summed E-state index contributed by atoms with van der Waals surface area (Å²) in [5.41, 5.74) is 0.279. The average molecular weight is 501 g/mol. The lowest BCUT2D eigenvalue weighted by Gasteiger charge is -2.28. The smallest absolute Gasteiger partial charge is 0.269 e. The Kier molecular flexibility index (Phi) is 4.58. The van der Waals surface area contributed by atoms with Crippen molar-refractivity contribution in [3.63, 3.8) is 0 Å². The normalized spacial score (nSPS) is 34.1. The summed E-state index contributed by atoms with van der Waals surface area (Å²) in [5.74, 6) is -1.57. The molecule has 4 rings (SSSR count). The highest BCUT2D eigenvalue weighted by Crippen LogP contribution is 2.60. The Morgan fingerprint density at radius 3 is 2.11 bits per heavy atom. The summed E-state index contributed by atoms with van der Waals surface area (Å²) in [7, 11) is 0. The number of fused-ring (bicyclic) bond motifs is 5. The number of halogens is 2. The third-order valence-corrected chi connectivity index (χ3v) is 8.95. The topological polar surface area (TPSA) is 110 Å². The van der Waals surface area contributed by atoms with E-state index in [9.17, 15) is 24.5 Å². The Balaban J connectivity index is 1.44. The molecule has 10 heteroatoms. The van der Waals surface area contributed by atoms with Gasteiger partial charge in [0.1, 0.15) is 6.54 Å². The molecular weight excluding hydrogens is 486 g/mol. The molecule has 2 aliphatic carbocycles. The molecule has 1 aromatic rings. The summed E-state index contributed by atoms with van der Waals surface area (Å²) in [5, 5.41) is 13.2. The molecule has 1 aliphatic heterocycles. The number of nitrogens with one attached hydrogen (secondary N) is 1. The number of nitro benzene ring substituents is 1. The summed E-state index contributed by atoms with van der Waals surface area (Å²) < 4.78 is 0.